The van der Waals surface area contributed by atoms with Crippen LogP contribution in [-0.4, -0.2) is 30.8 Å². The lowest BCUT2D eigenvalue weighted by atomic mass is 10.1. The third-order valence-electron chi connectivity index (χ3n) is 3.49. The quantitative estimate of drug-likeness (QED) is 0.522. The van der Waals surface area contributed by atoms with Gasteiger partial charge in [0, 0.05) is 17.8 Å². The molecule has 0 aliphatic heterocycles. The van der Waals surface area contributed by atoms with Crippen molar-refractivity contribution in [3.05, 3.63) is 76.4 Å². The Labute approximate surface area is 141 Å². The third-order valence-corrected chi connectivity index (χ3v) is 3.49. The normalized spacial score (nSPS) is 10.4. The maximum Gasteiger partial charge on any atom is 0.338 e. The van der Waals surface area contributed by atoms with Crippen molar-refractivity contribution in [3.63, 3.8) is 0 Å². The highest BCUT2D eigenvalue weighted by molar-refractivity contribution is 5.96. The van der Waals surface area contributed by atoms with Crippen molar-refractivity contribution in [3.8, 4) is 0 Å². The van der Waals surface area contributed by atoms with Crippen molar-refractivity contribution in [1.29, 1.82) is 0 Å². The number of carboxylic acids is 1. The van der Waals surface area contributed by atoms with Gasteiger partial charge in [0.25, 0.3) is 5.69 Å². The first-order valence-electron chi connectivity index (χ1n) is 7.23. The highest BCUT2D eigenvalue weighted by Gasteiger charge is 2.16. The molecule has 0 spiro atoms. The van der Waals surface area contributed by atoms with Gasteiger partial charge in [0.15, 0.2) is 0 Å². The number of nitrogens with zero attached hydrogens (tertiary/aromatic N) is 4. The Morgan fingerprint density at radius 1 is 1.24 bits per heavy atom. The third kappa shape index (κ3) is 3.78. The molecule has 9 nitrogen and oxygen atoms in total. The fourth-order valence-electron chi connectivity index (χ4n) is 2.28. The molecule has 0 aliphatic carbocycles. The molecule has 0 saturated carbocycles. The van der Waals surface area contributed by atoms with E-state index in [1.165, 1.54) is 18.5 Å². The number of aromatic nitrogens is 3. The number of anilines is 2. The van der Waals surface area contributed by atoms with Gasteiger partial charge in [-0.15, -0.1) is 0 Å². The molecule has 25 heavy (non-hydrogen) atoms. The van der Waals surface area contributed by atoms with Crippen LogP contribution in [0.5, 0.6) is 0 Å². The Hall–Kier alpha value is -3.75. The predicted octanol–water partition coefficient (Wildman–Crippen LogP) is 2.68. The van der Waals surface area contributed by atoms with E-state index in [4.69, 9.17) is 0 Å². The number of non-ortho nitro benzene ring substituents is 1. The van der Waals surface area contributed by atoms with Gasteiger partial charge in [-0.2, -0.15) is 5.10 Å². The van der Waals surface area contributed by atoms with E-state index in [0.29, 0.717) is 12.2 Å². The summed E-state index contributed by atoms with van der Waals surface area (Å²) in [4.78, 5) is 25.4. The Morgan fingerprint density at radius 2 is 2.00 bits per heavy atom. The first-order valence-corrected chi connectivity index (χ1v) is 7.23. The lowest BCUT2D eigenvalue weighted by Crippen LogP contribution is -2.04. The van der Waals surface area contributed by atoms with Crippen LogP contribution in [-0.2, 0) is 6.54 Å². The smallest absolute Gasteiger partial charge is 0.338 e. The summed E-state index contributed by atoms with van der Waals surface area (Å²) in [6.07, 6.45) is 3.07. The minimum atomic E-state index is -1.24. The van der Waals surface area contributed by atoms with Crippen molar-refractivity contribution in [1.82, 2.24) is 14.8 Å². The van der Waals surface area contributed by atoms with E-state index >= 15 is 0 Å². The molecule has 0 unspecified atom stereocenters. The molecular weight excluding hydrogens is 326 g/mol. The van der Waals surface area contributed by atoms with E-state index in [1.54, 1.807) is 23.1 Å². The lowest BCUT2D eigenvalue weighted by Gasteiger charge is -2.10. The first-order chi connectivity index (χ1) is 12.0. The molecule has 3 aromatic rings. The molecule has 1 heterocycles. The van der Waals surface area contributed by atoms with Gasteiger partial charge in [-0.1, -0.05) is 12.1 Å². The second-order valence-corrected chi connectivity index (χ2v) is 5.21. The maximum absolute atomic E-state index is 11.3. The minimum Gasteiger partial charge on any atom is -0.478 e. The Morgan fingerprint density at radius 3 is 2.60 bits per heavy atom. The largest absolute Gasteiger partial charge is 0.478 e. The summed E-state index contributed by atoms with van der Waals surface area (Å²) in [6.45, 7) is 0.568. The van der Waals surface area contributed by atoms with Gasteiger partial charge in [-0.3, -0.25) is 10.1 Å². The maximum atomic E-state index is 11.3. The van der Waals surface area contributed by atoms with Crippen molar-refractivity contribution >= 4 is 23.0 Å². The van der Waals surface area contributed by atoms with Gasteiger partial charge in [0.1, 0.15) is 12.7 Å². The van der Waals surface area contributed by atoms with E-state index < -0.39 is 10.9 Å². The molecule has 9 heteroatoms. The number of aromatic carboxylic acids is 1. The Bertz CT molecular complexity index is 907. The summed E-state index contributed by atoms with van der Waals surface area (Å²) in [5.41, 5.74) is 1.51. The van der Waals surface area contributed by atoms with Crippen LogP contribution in [0.3, 0.4) is 0 Å². The number of hydrogen-bond acceptors (Lipinski definition) is 6. The molecule has 0 atom stereocenters. The fourth-order valence-corrected chi connectivity index (χ4v) is 2.28. The molecule has 2 N–H and O–H groups in total. The summed E-state index contributed by atoms with van der Waals surface area (Å²) in [5, 5.41) is 27.0. The molecule has 1 aromatic heterocycles. The molecule has 0 bridgehead atoms. The van der Waals surface area contributed by atoms with Gasteiger partial charge < -0.3 is 10.4 Å². The van der Waals surface area contributed by atoms with Crippen LogP contribution in [0.2, 0.25) is 0 Å². The highest BCUT2D eigenvalue weighted by Crippen LogP contribution is 2.25. The second-order valence-electron chi connectivity index (χ2n) is 5.21. The highest BCUT2D eigenvalue weighted by atomic mass is 16.6. The van der Waals surface area contributed by atoms with Crippen molar-refractivity contribution < 1.29 is 14.8 Å². The van der Waals surface area contributed by atoms with Gasteiger partial charge in [0.05, 0.1) is 22.7 Å². The summed E-state index contributed by atoms with van der Waals surface area (Å²) in [5.74, 6) is -1.24. The molecule has 0 saturated heterocycles. The summed E-state index contributed by atoms with van der Waals surface area (Å²) in [6, 6.07) is 11.0. The zero-order valence-electron chi connectivity index (χ0n) is 12.9. The minimum absolute atomic E-state index is 0.166. The van der Waals surface area contributed by atoms with Crippen molar-refractivity contribution in [2.75, 3.05) is 5.32 Å². The average Bonchev–Trinajstić information content (AvgIpc) is 3.09. The van der Waals surface area contributed by atoms with Gasteiger partial charge in [-0.25, -0.2) is 14.5 Å². The number of nitro benzene ring substituents is 1. The second kappa shape index (κ2) is 6.79. The van der Waals surface area contributed by atoms with E-state index in [1.807, 2.05) is 12.1 Å². The first kappa shape index (κ1) is 16.1. The number of benzene rings is 2. The molecule has 0 radical (unpaired) electrons. The molecule has 0 fully saturated rings. The molecule has 0 amide bonds. The number of hydrogen-bond donors (Lipinski definition) is 2. The fraction of sp³-hybridized carbons (Fsp3) is 0.0625. The molecule has 0 aliphatic rings. The number of rotatable bonds is 6. The van der Waals surface area contributed by atoms with Crippen LogP contribution < -0.4 is 5.32 Å². The van der Waals surface area contributed by atoms with E-state index in [9.17, 15) is 20.0 Å². The number of carbonyl (C=O) groups is 1. The Kier molecular flexibility index (Phi) is 4.38. The molecule has 2 aromatic carbocycles. The van der Waals surface area contributed by atoms with E-state index in [-0.39, 0.29) is 16.9 Å². The monoisotopic (exact) mass is 339 g/mol. The summed E-state index contributed by atoms with van der Waals surface area (Å²) in [7, 11) is 0. The van der Waals surface area contributed by atoms with Crippen LogP contribution >= 0.6 is 0 Å². The van der Waals surface area contributed by atoms with Crippen LogP contribution in [0.15, 0.2) is 55.1 Å². The van der Waals surface area contributed by atoms with Crippen LogP contribution in [0.4, 0.5) is 17.1 Å². The lowest BCUT2D eigenvalue weighted by molar-refractivity contribution is -0.384. The van der Waals surface area contributed by atoms with Crippen LogP contribution in [0.1, 0.15) is 15.9 Å². The topological polar surface area (TPSA) is 123 Å². The standard InChI is InChI=1S/C16H13N5O4/c22-16(23)14-7-13(21(24)25)5-6-15(14)19-12-3-1-11(2-4-12)8-20-10-17-9-18-20/h1-7,9-10,19H,8H2,(H,22,23). The van der Waals surface area contributed by atoms with Crippen molar-refractivity contribution in [2.45, 2.75) is 6.54 Å². The summed E-state index contributed by atoms with van der Waals surface area (Å²) < 4.78 is 1.68. The number of nitrogens with one attached hydrogen (secondary N) is 1. The average molecular weight is 339 g/mol. The zero-order valence-corrected chi connectivity index (χ0v) is 12.9. The van der Waals surface area contributed by atoms with E-state index in [0.717, 1.165) is 11.6 Å². The van der Waals surface area contributed by atoms with Gasteiger partial charge in [0.2, 0.25) is 0 Å². The van der Waals surface area contributed by atoms with Crippen molar-refractivity contribution in [2.24, 2.45) is 0 Å². The SMILES string of the molecule is O=C(O)c1cc([N+](=O)[O-])ccc1Nc1ccc(Cn2cncn2)cc1. The van der Waals surface area contributed by atoms with E-state index in [2.05, 4.69) is 15.4 Å². The Balaban J connectivity index is 1.80. The number of carboxylic acid groups (broad SMARTS) is 1. The van der Waals surface area contributed by atoms with Crippen LogP contribution in [0, 0.1) is 10.1 Å². The summed E-state index contributed by atoms with van der Waals surface area (Å²) >= 11 is 0. The zero-order chi connectivity index (χ0) is 17.8. The molecule has 3 rings (SSSR count). The molecule has 126 valence electrons. The molecular formula is C16H13N5O4. The van der Waals surface area contributed by atoms with Gasteiger partial charge in [-0.05, 0) is 23.8 Å². The van der Waals surface area contributed by atoms with Crippen LogP contribution in [0.25, 0.3) is 0 Å². The number of nitro groups is 1. The predicted molar refractivity (Wildman–Crippen MR) is 88.9 cm³/mol. The van der Waals surface area contributed by atoms with Gasteiger partial charge >= 0.3 is 5.97 Å².